The molecule has 8 atom stereocenters. The molecule has 5 unspecified atom stereocenters. The first-order valence-electron chi connectivity index (χ1n) is 13.3. The summed E-state index contributed by atoms with van der Waals surface area (Å²) in [7, 11) is 0. The molecule has 35 heavy (non-hydrogen) atoms. The Morgan fingerprint density at radius 1 is 0.943 bits per heavy atom. The van der Waals surface area contributed by atoms with E-state index in [4.69, 9.17) is 33.2 Å². The summed E-state index contributed by atoms with van der Waals surface area (Å²) in [6.07, 6.45) is 5.66. The van der Waals surface area contributed by atoms with E-state index >= 15 is 0 Å². The van der Waals surface area contributed by atoms with Gasteiger partial charge in [-0.3, -0.25) is 0 Å². The molecule has 196 valence electrons. The van der Waals surface area contributed by atoms with Crippen molar-refractivity contribution in [3.05, 3.63) is 30.3 Å². The van der Waals surface area contributed by atoms with Gasteiger partial charge in [-0.25, -0.2) is 0 Å². The Morgan fingerprint density at radius 3 is 2.40 bits per heavy atom. The molecule has 0 bridgehead atoms. The first-order chi connectivity index (χ1) is 17.1. The number of fused-ring (bicyclic) bond motifs is 1. The summed E-state index contributed by atoms with van der Waals surface area (Å²) in [5.41, 5.74) is -0.722. The fraction of sp³-hybridized carbons (Fsp3) is 0.778. The maximum absolute atomic E-state index is 10.1. The molecule has 0 aromatic heterocycles. The number of hydrogen-bond acceptors (Lipinski definition) is 8. The molecule has 5 rings (SSSR count). The predicted molar refractivity (Wildman–Crippen MR) is 127 cm³/mol. The number of benzene rings is 1. The minimum Gasteiger partial charge on any atom is -0.491 e. The van der Waals surface area contributed by atoms with E-state index in [-0.39, 0.29) is 36.8 Å². The molecular formula is C27H40O8. The number of para-hydroxylation sites is 1. The highest BCUT2D eigenvalue weighted by Crippen LogP contribution is 2.43. The van der Waals surface area contributed by atoms with E-state index in [0.717, 1.165) is 50.9 Å². The average molecular weight is 493 g/mol. The van der Waals surface area contributed by atoms with E-state index in [1.165, 1.54) is 0 Å². The maximum atomic E-state index is 10.1. The van der Waals surface area contributed by atoms with Gasteiger partial charge in [0.25, 0.3) is 0 Å². The number of hydrogen-bond donors (Lipinski definition) is 1. The van der Waals surface area contributed by atoms with Gasteiger partial charge in [-0.2, -0.15) is 0 Å². The summed E-state index contributed by atoms with van der Waals surface area (Å²) < 4.78 is 43.0. The SMILES string of the molecule is CC(COc1ccccc1)(COC1[C@@H](OC2CCCCO2)C[C@H]2OC(O)C[C@@H]12)OC1CCCCO1. The van der Waals surface area contributed by atoms with Crippen LogP contribution in [0.2, 0.25) is 0 Å². The van der Waals surface area contributed by atoms with E-state index in [2.05, 4.69) is 0 Å². The first-order valence-corrected chi connectivity index (χ1v) is 13.3. The Kier molecular flexibility index (Phi) is 8.60. The summed E-state index contributed by atoms with van der Waals surface area (Å²) in [6, 6.07) is 9.74. The van der Waals surface area contributed by atoms with E-state index in [0.29, 0.717) is 32.7 Å². The highest BCUT2D eigenvalue weighted by Gasteiger charge is 2.52. The van der Waals surface area contributed by atoms with Crippen LogP contribution in [0.15, 0.2) is 30.3 Å². The Labute approximate surface area is 208 Å². The highest BCUT2D eigenvalue weighted by atomic mass is 16.7. The molecule has 3 aliphatic heterocycles. The van der Waals surface area contributed by atoms with Gasteiger partial charge in [-0.05, 0) is 57.6 Å². The normalized spacial score (nSPS) is 37.0. The van der Waals surface area contributed by atoms with E-state index in [9.17, 15) is 5.11 Å². The van der Waals surface area contributed by atoms with Gasteiger partial charge in [0.15, 0.2) is 18.9 Å². The van der Waals surface area contributed by atoms with Crippen molar-refractivity contribution in [1.29, 1.82) is 0 Å². The summed E-state index contributed by atoms with van der Waals surface area (Å²) in [4.78, 5) is 0. The molecule has 3 heterocycles. The lowest BCUT2D eigenvalue weighted by atomic mass is 10.0. The van der Waals surface area contributed by atoms with Crippen molar-refractivity contribution >= 4 is 0 Å². The lowest BCUT2D eigenvalue weighted by molar-refractivity contribution is -0.253. The van der Waals surface area contributed by atoms with Crippen LogP contribution in [-0.2, 0) is 28.4 Å². The maximum Gasteiger partial charge on any atom is 0.158 e. The zero-order chi connectivity index (χ0) is 24.1. The minimum atomic E-state index is -0.748. The molecule has 8 heteroatoms. The molecular weight excluding hydrogens is 452 g/mol. The lowest BCUT2D eigenvalue weighted by Crippen LogP contribution is -2.47. The molecule has 1 aromatic rings. The summed E-state index contributed by atoms with van der Waals surface area (Å²) in [5, 5.41) is 10.1. The Morgan fingerprint density at radius 2 is 1.69 bits per heavy atom. The standard InChI is InChI=1S/C27H40O8/c1-27(35-25-12-6-8-14-30-25,17-31-19-9-3-2-4-10-19)18-32-26-20-15-23(28)33-21(20)16-22(26)34-24-11-5-7-13-29-24/h2-4,9-10,20-26,28H,5-8,11-18H2,1H3/t20-,21-,22+,23?,24?,25?,26?,27?/m1/s1. The topological polar surface area (TPSA) is 84.8 Å². The second-order valence-corrected chi connectivity index (χ2v) is 10.5. The van der Waals surface area contributed by atoms with Gasteiger partial charge in [0.1, 0.15) is 18.0 Å². The number of ether oxygens (including phenoxy) is 7. The molecule has 4 aliphatic rings. The number of rotatable bonds is 10. The smallest absolute Gasteiger partial charge is 0.158 e. The van der Waals surface area contributed by atoms with Gasteiger partial charge in [0.2, 0.25) is 0 Å². The Bertz CT molecular complexity index is 766. The Hall–Kier alpha value is -1.26. The van der Waals surface area contributed by atoms with Crippen molar-refractivity contribution in [2.75, 3.05) is 26.4 Å². The van der Waals surface area contributed by atoms with Crippen LogP contribution in [0.25, 0.3) is 0 Å². The second kappa shape index (κ2) is 11.9. The van der Waals surface area contributed by atoms with Gasteiger partial charge in [0, 0.05) is 32.0 Å². The predicted octanol–water partition coefficient (Wildman–Crippen LogP) is 3.79. The molecule has 1 aliphatic carbocycles. The summed E-state index contributed by atoms with van der Waals surface area (Å²) in [5.74, 6) is 0.861. The van der Waals surface area contributed by atoms with Crippen molar-refractivity contribution in [3.63, 3.8) is 0 Å². The van der Waals surface area contributed by atoms with E-state index in [1.54, 1.807) is 0 Å². The van der Waals surface area contributed by atoms with Crippen molar-refractivity contribution in [2.45, 2.75) is 101 Å². The van der Waals surface area contributed by atoms with E-state index < -0.39 is 11.9 Å². The van der Waals surface area contributed by atoms with Gasteiger partial charge < -0.3 is 38.3 Å². The third-order valence-electron chi connectivity index (χ3n) is 7.42. The summed E-state index contributed by atoms with van der Waals surface area (Å²) in [6.45, 7) is 4.10. The van der Waals surface area contributed by atoms with Crippen LogP contribution in [0.1, 0.15) is 58.3 Å². The number of aliphatic hydroxyl groups is 1. The average Bonchev–Trinajstić information content (AvgIpc) is 3.39. The van der Waals surface area contributed by atoms with Crippen LogP contribution in [-0.4, -0.2) is 74.3 Å². The van der Waals surface area contributed by atoms with Gasteiger partial charge in [0.05, 0.1) is 24.9 Å². The first kappa shape index (κ1) is 25.4. The molecule has 0 spiro atoms. The van der Waals surface area contributed by atoms with Crippen molar-refractivity contribution in [2.24, 2.45) is 5.92 Å². The largest absolute Gasteiger partial charge is 0.491 e. The molecule has 8 nitrogen and oxygen atoms in total. The molecule has 1 saturated carbocycles. The summed E-state index contributed by atoms with van der Waals surface area (Å²) >= 11 is 0. The van der Waals surface area contributed by atoms with Crippen molar-refractivity contribution in [1.82, 2.24) is 0 Å². The molecule has 3 saturated heterocycles. The fourth-order valence-corrected chi connectivity index (χ4v) is 5.59. The molecule has 1 aromatic carbocycles. The highest BCUT2D eigenvalue weighted by molar-refractivity contribution is 5.21. The third-order valence-corrected chi connectivity index (χ3v) is 7.42. The monoisotopic (exact) mass is 492 g/mol. The van der Waals surface area contributed by atoms with Crippen LogP contribution in [0.3, 0.4) is 0 Å². The lowest BCUT2D eigenvalue weighted by Gasteiger charge is -2.37. The van der Waals surface area contributed by atoms with Gasteiger partial charge in [-0.15, -0.1) is 0 Å². The molecule has 0 radical (unpaired) electrons. The van der Waals surface area contributed by atoms with Crippen LogP contribution >= 0.6 is 0 Å². The molecule has 1 N–H and O–H groups in total. The van der Waals surface area contributed by atoms with Gasteiger partial charge >= 0.3 is 0 Å². The second-order valence-electron chi connectivity index (χ2n) is 10.5. The van der Waals surface area contributed by atoms with Crippen LogP contribution < -0.4 is 4.74 Å². The third kappa shape index (κ3) is 6.74. The zero-order valence-electron chi connectivity index (χ0n) is 20.7. The minimum absolute atomic E-state index is 0.0713. The van der Waals surface area contributed by atoms with Crippen molar-refractivity contribution < 1.29 is 38.3 Å². The van der Waals surface area contributed by atoms with Gasteiger partial charge in [-0.1, -0.05) is 18.2 Å². The molecule has 0 amide bonds. The number of aliphatic hydroxyl groups excluding tert-OH is 1. The fourth-order valence-electron chi connectivity index (χ4n) is 5.59. The quantitative estimate of drug-likeness (QED) is 0.528. The van der Waals surface area contributed by atoms with Crippen LogP contribution in [0, 0.1) is 5.92 Å². The van der Waals surface area contributed by atoms with Crippen LogP contribution in [0.5, 0.6) is 5.75 Å². The molecule has 4 fully saturated rings. The van der Waals surface area contributed by atoms with E-state index in [1.807, 2.05) is 37.3 Å². The van der Waals surface area contributed by atoms with Crippen molar-refractivity contribution in [3.8, 4) is 5.75 Å². The van der Waals surface area contributed by atoms with Crippen LogP contribution in [0.4, 0.5) is 0 Å². The zero-order valence-corrected chi connectivity index (χ0v) is 20.7. The Balaban J connectivity index is 1.26.